The largest absolute Gasteiger partial charge is 0.435 e. The highest BCUT2D eigenvalue weighted by molar-refractivity contribution is 9.10. The van der Waals surface area contributed by atoms with E-state index in [0.717, 1.165) is 0 Å². The van der Waals surface area contributed by atoms with Crippen LogP contribution in [0.4, 0.5) is 13.2 Å². The molecule has 0 aliphatic heterocycles. The summed E-state index contributed by atoms with van der Waals surface area (Å²) >= 11 is 3.23. The Hall–Kier alpha value is -1.53. The average Bonchev–Trinajstić information content (AvgIpc) is 2.42. The van der Waals surface area contributed by atoms with Crippen molar-refractivity contribution in [2.75, 3.05) is 0 Å². The highest BCUT2D eigenvalue weighted by atomic mass is 79.9. The van der Waals surface area contributed by atoms with Crippen LogP contribution in [0.1, 0.15) is 17.2 Å². The van der Waals surface area contributed by atoms with Gasteiger partial charge >= 0.3 is 6.61 Å². The summed E-state index contributed by atoms with van der Waals surface area (Å²) in [5.41, 5.74) is 0.713. The van der Waals surface area contributed by atoms with E-state index in [4.69, 9.17) is 0 Å². The quantitative estimate of drug-likeness (QED) is 0.852. The first-order chi connectivity index (χ1) is 9.95. The number of aliphatic hydroxyl groups excluding tert-OH is 1. The molecule has 1 unspecified atom stereocenters. The Morgan fingerprint density at radius 2 is 1.90 bits per heavy atom. The van der Waals surface area contributed by atoms with Crippen molar-refractivity contribution >= 4 is 15.9 Å². The van der Waals surface area contributed by atoms with Crippen LogP contribution < -0.4 is 4.74 Å². The van der Waals surface area contributed by atoms with Crippen LogP contribution in [0.5, 0.6) is 5.75 Å². The molecule has 0 heterocycles. The summed E-state index contributed by atoms with van der Waals surface area (Å²) < 4.78 is 42.9. The van der Waals surface area contributed by atoms with Crippen LogP contribution >= 0.6 is 15.9 Å². The first-order valence-corrected chi connectivity index (χ1v) is 6.92. The second kappa shape index (κ2) is 6.95. The Labute approximate surface area is 128 Å². The molecular weight excluding hydrogens is 349 g/mol. The number of halogens is 4. The lowest BCUT2D eigenvalue weighted by molar-refractivity contribution is -0.0499. The topological polar surface area (TPSA) is 29.5 Å². The minimum Gasteiger partial charge on any atom is -0.435 e. The summed E-state index contributed by atoms with van der Waals surface area (Å²) in [6.07, 6.45) is -0.987. The van der Waals surface area contributed by atoms with Gasteiger partial charge in [-0.15, -0.1) is 0 Å². The van der Waals surface area contributed by atoms with Gasteiger partial charge < -0.3 is 9.84 Å². The lowest BCUT2D eigenvalue weighted by atomic mass is 10.0. The molecule has 0 saturated heterocycles. The average molecular weight is 361 g/mol. The predicted octanol–water partition coefficient (Wildman–Crippen LogP) is 4.47. The zero-order valence-corrected chi connectivity index (χ0v) is 12.4. The van der Waals surface area contributed by atoms with Crippen LogP contribution in [-0.4, -0.2) is 11.7 Å². The fourth-order valence-electron chi connectivity index (χ4n) is 1.92. The van der Waals surface area contributed by atoms with E-state index in [1.54, 1.807) is 18.2 Å². The van der Waals surface area contributed by atoms with Crippen LogP contribution in [0.2, 0.25) is 0 Å². The molecule has 2 aromatic rings. The summed E-state index contributed by atoms with van der Waals surface area (Å²) in [5, 5.41) is 10.1. The molecule has 0 spiro atoms. The number of alkyl halides is 2. The van der Waals surface area contributed by atoms with Crippen molar-refractivity contribution in [2.24, 2.45) is 0 Å². The van der Waals surface area contributed by atoms with Gasteiger partial charge in [-0.1, -0.05) is 28.1 Å². The minimum atomic E-state index is -2.93. The van der Waals surface area contributed by atoms with E-state index in [2.05, 4.69) is 20.7 Å². The Kier molecular flexibility index (Phi) is 5.25. The Morgan fingerprint density at radius 3 is 2.62 bits per heavy atom. The standard InChI is InChI=1S/C15H12BrF3O2/c16-11-4-5-13(17)10(6-11)8-14(20)9-2-1-3-12(7-9)21-15(18)19/h1-7,14-15,20H,8H2. The highest BCUT2D eigenvalue weighted by Gasteiger charge is 2.14. The van der Waals surface area contributed by atoms with Gasteiger partial charge in [-0.05, 0) is 41.5 Å². The molecule has 0 amide bonds. The van der Waals surface area contributed by atoms with E-state index < -0.39 is 18.5 Å². The summed E-state index contributed by atoms with van der Waals surface area (Å²) in [7, 11) is 0. The molecule has 0 fully saturated rings. The number of ether oxygens (including phenoxy) is 1. The predicted molar refractivity (Wildman–Crippen MR) is 75.8 cm³/mol. The zero-order chi connectivity index (χ0) is 15.4. The van der Waals surface area contributed by atoms with E-state index in [1.807, 2.05) is 0 Å². The molecule has 21 heavy (non-hydrogen) atoms. The maximum absolute atomic E-state index is 13.6. The van der Waals surface area contributed by atoms with Gasteiger partial charge in [0.05, 0.1) is 6.10 Å². The van der Waals surface area contributed by atoms with E-state index in [9.17, 15) is 18.3 Å². The molecule has 0 aliphatic carbocycles. The summed E-state index contributed by atoms with van der Waals surface area (Å²) in [6, 6.07) is 10.2. The van der Waals surface area contributed by atoms with Gasteiger partial charge in [-0.25, -0.2) is 4.39 Å². The van der Waals surface area contributed by atoms with Crippen LogP contribution in [0.25, 0.3) is 0 Å². The fourth-order valence-corrected chi connectivity index (χ4v) is 2.33. The summed E-state index contributed by atoms with van der Waals surface area (Å²) in [6.45, 7) is -2.93. The van der Waals surface area contributed by atoms with Crippen LogP contribution in [0.15, 0.2) is 46.9 Å². The monoisotopic (exact) mass is 360 g/mol. The van der Waals surface area contributed by atoms with Crippen LogP contribution in [0, 0.1) is 5.82 Å². The molecule has 2 nitrogen and oxygen atoms in total. The van der Waals surface area contributed by atoms with Crippen LogP contribution in [-0.2, 0) is 6.42 Å². The molecular formula is C15H12BrF3O2. The first kappa shape index (κ1) is 15.9. The van der Waals surface area contributed by atoms with E-state index in [-0.39, 0.29) is 12.2 Å². The van der Waals surface area contributed by atoms with Crippen molar-refractivity contribution in [3.8, 4) is 5.75 Å². The molecule has 0 bridgehead atoms. The number of aliphatic hydroxyl groups is 1. The molecule has 0 aliphatic rings. The zero-order valence-electron chi connectivity index (χ0n) is 10.8. The maximum atomic E-state index is 13.6. The van der Waals surface area contributed by atoms with E-state index in [1.165, 1.54) is 24.3 Å². The number of benzene rings is 2. The Morgan fingerprint density at radius 1 is 1.14 bits per heavy atom. The smallest absolute Gasteiger partial charge is 0.387 e. The van der Waals surface area contributed by atoms with Crippen molar-refractivity contribution in [3.63, 3.8) is 0 Å². The van der Waals surface area contributed by atoms with Gasteiger partial charge in [-0.3, -0.25) is 0 Å². The van der Waals surface area contributed by atoms with Gasteiger partial charge in [0.2, 0.25) is 0 Å². The highest BCUT2D eigenvalue weighted by Crippen LogP contribution is 2.25. The molecule has 112 valence electrons. The normalized spacial score (nSPS) is 12.5. The van der Waals surface area contributed by atoms with E-state index in [0.29, 0.717) is 15.6 Å². The lowest BCUT2D eigenvalue weighted by Crippen LogP contribution is -2.06. The van der Waals surface area contributed by atoms with Crippen molar-refractivity contribution in [1.82, 2.24) is 0 Å². The van der Waals surface area contributed by atoms with Gasteiger partial charge in [0.1, 0.15) is 11.6 Å². The third kappa shape index (κ3) is 4.47. The number of hydrogen-bond acceptors (Lipinski definition) is 2. The molecule has 1 N–H and O–H groups in total. The third-order valence-electron chi connectivity index (χ3n) is 2.89. The molecule has 2 aromatic carbocycles. The Balaban J connectivity index is 2.16. The van der Waals surface area contributed by atoms with Gasteiger partial charge in [0.15, 0.2) is 0 Å². The second-order valence-electron chi connectivity index (χ2n) is 4.41. The third-order valence-corrected chi connectivity index (χ3v) is 3.38. The van der Waals surface area contributed by atoms with Gasteiger partial charge in [0, 0.05) is 10.9 Å². The lowest BCUT2D eigenvalue weighted by Gasteiger charge is -2.13. The molecule has 6 heteroatoms. The van der Waals surface area contributed by atoms with E-state index >= 15 is 0 Å². The van der Waals surface area contributed by atoms with Gasteiger partial charge in [-0.2, -0.15) is 8.78 Å². The number of hydrogen-bond donors (Lipinski definition) is 1. The van der Waals surface area contributed by atoms with Crippen molar-refractivity contribution in [2.45, 2.75) is 19.1 Å². The van der Waals surface area contributed by atoms with Crippen molar-refractivity contribution in [3.05, 3.63) is 63.9 Å². The fraction of sp³-hybridized carbons (Fsp3) is 0.200. The molecule has 1 atom stereocenters. The number of rotatable bonds is 5. The van der Waals surface area contributed by atoms with Crippen LogP contribution in [0.3, 0.4) is 0 Å². The second-order valence-corrected chi connectivity index (χ2v) is 5.32. The first-order valence-electron chi connectivity index (χ1n) is 6.12. The molecule has 2 rings (SSSR count). The summed E-state index contributed by atoms with van der Waals surface area (Å²) in [5.74, 6) is -0.478. The molecule has 0 radical (unpaired) electrons. The minimum absolute atomic E-state index is 0.0312. The molecule has 0 aromatic heterocycles. The molecule has 0 saturated carbocycles. The van der Waals surface area contributed by atoms with Gasteiger partial charge in [0.25, 0.3) is 0 Å². The summed E-state index contributed by atoms with van der Waals surface area (Å²) in [4.78, 5) is 0. The SMILES string of the molecule is OC(Cc1cc(Br)ccc1F)c1cccc(OC(F)F)c1. The maximum Gasteiger partial charge on any atom is 0.387 e. The van der Waals surface area contributed by atoms with Crippen molar-refractivity contribution < 1.29 is 23.0 Å². The Bertz CT molecular complexity index is 620. The van der Waals surface area contributed by atoms with Crippen molar-refractivity contribution in [1.29, 1.82) is 0 Å².